The van der Waals surface area contributed by atoms with Crippen LogP contribution >= 0.6 is 22.6 Å². The highest BCUT2D eigenvalue weighted by molar-refractivity contribution is 14.1. The minimum absolute atomic E-state index is 0.227. The van der Waals surface area contributed by atoms with Crippen molar-refractivity contribution in [2.45, 2.75) is 4.90 Å². The molecular formula is C12H11IN2O2S. The Hall–Kier alpha value is -1.28. The first kappa shape index (κ1) is 13.2. The smallest absolute Gasteiger partial charge is 0.261 e. The van der Waals surface area contributed by atoms with Crippen LogP contribution in [0.1, 0.15) is 0 Å². The first-order chi connectivity index (χ1) is 8.47. The molecule has 6 heteroatoms. The van der Waals surface area contributed by atoms with Crippen LogP contribution in [0.5, 0.6) is 0 Å². The molecule has 4 nitrogen and oxygen atoms in total. The van der Waals surface area contributed by atoms with E-state index in [-0.39, 0.29) is 4.90 Å². The Bertz CT molecular complexity index is 654. The summed E-state index contributed by atoms with van der Waals surface area (Å²) in [5, 5.41) is 0. The Balaban J connectivity index is 2.30. The van der Waals surface area contributed by atoms with Crippen LogP contribution in [0.25, 0.3) is 0 Å². The average Bonchev–Trinajstić information content (AvgIpc) is 2.29. The molecule has 0 spiro atoms. The molecule has 0 fully saturated rings. The third-order valence-corrected chi connectivity index (χ3v) is 4.38. The predicted octanol–water partition coefficient (Wildman–Crippen LogP) is 2.67. The van der Waals surface area contributed by atoms with Crippen LogP contribution in [-0.2, 0) is 10.0 Å². The Labute approximate surface area is 119 Å². The van der Waals surface area contributed by atoms with Gasteiger partial charge < -0.3 is 5.73 Å². The Morgan fingerprint density at radius 2 is 1.72 bits per heavy atom. The van der Waals surface area contributed by atoms with E-state index in [1.54, 1.807) is 48.5 Å². The highest BCUT2D eigenvalue weighted by atomic mass is 127. The molecule has 3 N–H and O–H groups in total. The van der Waals surface area contributed by atoms with Gasteiger partial charge in [-0.1, -0.05) is 6.07 Å². The van der Waals surface area contributed by atoms with Gasteiger partial charge in [0.2, 0.25) is 0 Å². The van der Waals surface area contributed by atoms with E-state index in [1.165, 1.54) is 0 Å². The Morgan fingerprint density at radius 3 is 2.33 bits per heavy atom. The van der Waals surface area contributed by atoms with Gasteiger partial charge in [0.05, 0.1) is 10.6 Å². The zero-order chi connectivity index (χ0) is 13.2. The maximum atomic E-state index is 12.1. The number of sulfonamides is 1. The fraction of sp³-hybridized carbons (Fsp3) is 0. The number of nitrogen functional groups attached to an aromatic ring is 1. The molecule has 0 radical (unpaired) electrons. The summed E-state index contributed by atoms with van der Waals surface area (Å²) in [6.07, 6.45) is 0. The Kier molecular flexibility index (Phi) is 3.76. The van der Waals surface area contributed by atoms with Crippen LogP contribution in [0, 0.1) is 3.57 Å². The fourth-order valence-electron chi connectivity index (χ4n) is 1.43. The molecule has 0 aliphatic rings. The van der Waals surface area contributed by atoms with Crippen molar-refractivity contribution in [1.82, 2.24) is 0 Å². The molecule has 0 atom stereocenters. The van der Waals surface area contributed by atoms with E-state index in [0.29, 0.717) is 11.4 Å². The highest BCUT2D eigenvalue weighted by Gasteiger charge is 2.13. The lowest BCUT2D eigenvalue weighted by Gasteiger charge is -2.08. The quantitative estimate of drug-likeness (QED) is 0.641. The summed E-state index contributed by atoms with van der Waals surface area (Å²) in [6, 6.07) is 13.2. The molecule has 18 heavy (non-hydrogen) atoms. The van der Waals surface area contributed by atoms with Crippen LogP contribution < -0.4 is 10.5 Å². The fourth-order valence-corrected chi connectivity index (χ4v) is 2.84. The average molecular weight is 374 g/mol. The molecule has 0 saturated carbocycles. The monoisotopic (exact) mass is 374 g/mol. The van der Waals surface area contributed by atoms with Gasteiger partial charge in [-0.3, -0.25) is 4.72 Å². The van der Waals surface area contributed by atoms with Crippen LogP contribution in [0.15, 0.2) is 53.4 Å². The number of anilines is 2. The van der Waals surface area contributed by atoms with E-state index in [0.717, 1.165) is 3.57 Å². The Morgan fingerprint density at radius 1 is 1.06 bits per heavy atom. The van der Waals surface area contributed by atoms with Gasteiger partial charge in [-0.15, -0.1) is 0 Å². The summed E-state index contributed by atoms with van der Waals surface area (Å²) in [5.74, 6) is 0. The molecule has 0 unspecified atom stereocenters. The first-order valence-corrected chi connectivity index (χ1v) is 7.67. The SMILES string of the molecule is Nc1cccc(NS(=O)(=O)c2ccc(I)cc2)c1. The minimum atomic E-state index is -3.56. The van der Waals surface area contributed by atoms with Crippen molar-refractivity contribution in [3.8, 4) is 0 Å². The molecule has 2 aromatic carbocycles. The van der Waals surface area contributed by atoms with E-state index in [1.807, 2.05) is 0 Å². The number of benzene rings is 2. The number of nitrogens with one attached hydrogen (secondary N) is 1. The standard InChI is InChI=1S/C12H11IN2O2S/c13-9-4-6-12(7-5-9)18(16,17)15-11-3-1-2-10(14)8-11/h1-8,15H,14H2. The van der Waals surface area contributed by atoms with Crippen molar-refractivity contribution in [3.05, 3.63) is 52.1 Å². The summed E-state index contributed by atoms with van der Waals surface area (Å²) in [5.41, 5.74) is 6.56. The number of hydrogen-bond donors (Lipinski definition) is 2. The van der Waals surface area contributed by atoms with Crippen LogP contribution in [0.4, 0.5) is 11.4 Å². The summed E-state index contributed by atoms with van der Waals surface area (Å²) >= 11 is 2.12. The maximum Gasteiger partial charge on any atom is 0.261 e. The molecule has 0 heterocycles. The van der Waals surface area contributed by atoms with E-state index in [4.69, 9.17) is 5.73 Å². The van der Waals surface area contributed by atoms with Gasteiger partial charge in [0.25, 0.3) is 10.0 Å². The van der Waals surface area contributed by atoms with Crippen LogP contribution in [-0.4, -0.2) is 8.42 Å². The van der Waals surface area contributed by atoms with Gasteiger partial charge in [-0.25, -0.2) is 8.42 Å². The van der Waals surface area contributed by atoms with Crippen molar-refractivity contribution in [1.29, 1.82) is 0 Å². The lowest BCUT2D eigenvalue weighted by atomic mass is 10.3. The second-order valence-electron chi connectivity index (χ2n) is 3.68. The molecule has 0 saturated heterocycles. The van der Waals surface area contributed by atoms with Crippen LogP contribution in [0.3, 0.4) is 0 Å². The van der Waals surface area contributed by atoms with Crippen LogP contribution in [0.2, 0.25) is 0 Å². The molecule has 0 aliphatic carbocycles. The van der Waals surface area contributed by atoms with Crippen molar-refractivity contribution >= 4 is 44.0 Å². The van der Waals surface area contributed by atoms with E-state index in [2.05, 4.69) is 27.3 Å². The molecule has 0 aromatic heterocycles. The topological polar surface area (TPSA) is 72.2 Å². The summed E-state index contributed by atoms with van der Waals surface area (Å²) < 4.78 is 27.6. The maximum absolute atomic E-state index is 12.1. The van der Waals surface area contributed by atoms with Gasteiger partial charge in [-0.05, 0) is 65.1 Å². The number of rotatable bonds is 3. The second kappa shape index (κ2) is 5.15. The summed E-state index contributed by atoms with van der Waals surface area (Å²) in [7, 11) is -3.56. The zero-order valence-electron chi connectivity index (χ0n) is 9.30. The van der Waals surface area contributed by atoms with E-state index < -0.39 is 10.0 Å². The molecule has 0 bridgehead atoms. The molecular weight excluding hydrogens is 363 g/mol. The van der Waals surface area contributed by atoms with Crippen molar-refractivity contribution in [3.63, 3.8) is 0 Å². The second-order valence-corrected chi connectivity index (χ2v) is 6.61. The van der Waals surface area contributed by atoms with E-state index >= 15 is 0 Å². The molecule has 2 rings (SSSR count). The largest absolute Gasteiger partial charge is 0.399 e. The third kappa shape index (κ3) is 3.14. The van der Waals surface area contributed by atoms with Gasteiger partial charge in [-0.2, -0.15) is 0 Å². The lowest BCUT2D eigenvalue weighted by Crippen LogP contribution is -2.12. The number of nitrogens with two attached hydrogens (primary N) is 1. The predicted molar refractivity (Wildman–Crippen MR) is 80.8 cm³/mol. The number of halogens is 1. The van der Waals surface area contributed by atoms with Crippen molar-refractivity contribution in [2.75, 3.05) is 10.5 Å². The minimum Gasteiger partial charge on any atom is -0.399 e. The lowest BCUT2D eigenvalue weighted by molar-refractivity contribution is 0.601. The van der Waals surface area contributed by atoms with Gasteiger partial charge in [0, 0.05) is 9.26 Å². The van der Waals surface area contributed by atoms with Gasteiger partial charge in [0.1, 0.15) is 0 Å². The van der Waals surface area contributed by atoms with Gasteiger partial charge >= 0.3 is 0 Å². The summed E-state index contributed by atoms with van der Waals surface area (Å²) in [4.78, 5) is 0.227. The molecule has 2 aromatic rings. The van der Waals surface area contributed by atoms with E-state index in [9.17, 15) is 8.42 Å². The molecule has 0 amide bonds. The first-order valence-electron chi connectivity index (χ1n) is 5.11. The van der Waals surface area contributed by atoms with Crippen molar-refractivity contribution in [2.24, 2.45) is 0 Å². The van der Waals surface area contributed by atoms with Crippen molar-refractivity contribution < 1.29 is 8.42 Å². The van der Waals surface area contributed by atoms with Gasteiger partial charge in [0.15, 0.2) is 0 Å². The highest BCUT2D eigenvalue weighted by Crippen LogP contribution is 2.18. The third-order valence-electron chi connectivity index (χ3n) is 2.26. The summed E-state index contributed by atoms with van der Waals surface area (Å²) in [6.45, 7) is 0. The number of hydrogen-bond acceptors (Lipinski definition) is 3. The molecule has 0 aliphatic heterocycles. The normalized spacial score (nSPS) is 11.2. The zero-order valence-corrected chi connectivity index (χ0v) is 12.3. The molecule has 94 valence electrons.